The Labute approximate surface area is 106 Å². The van der Waals surface area contributed by atoms with Gasteiger partial charge in [0.15, 0.2) is 0 Å². The number of halogens is 1. The van der Waals surface area contributed by atoms with Crippen molar-refractivity contribution in [2.75, 3.05) is 31.1 Å². The minimum atomic E-state index is 1.09. The SMILES string of the molecule is Cc1cc(Br)cc(C)c1N1CCCNCC1. The van der Waals surface area contributed by atoms with E-state index < -0.39 is 0 Å². The molecule has 0 spiro atoms. The predicted octanol–water partition coefficient (Wildman–Crippen LogP) is 2.87. The van der Waals surface area contributed by atoms with Crippen LogP contribution in [0.1, 0.15) is 17.5 Å². The van der Waals surface area contributed by atoms with E-state index in [1.165, 1.54) is 27.7 Å². The van der Waals surface area contributed by atoms with Gasteiger partial charge in [-0.25, -0.2) is 0 Å². The van der Waals surface area contributed by atoms with Crippen LogP contribution in [0.15, 0.2) is 16.6 Å². The normalized spacial score (nSPS) is 17.3. The molecule has 3 heteroatoms. The number of anilines is 1. The molecule has 1 aromatic rings. The van der Waals surface area contributed by atoms with Gasteiger partial charge in [-0.2, -0.15) is 0 Å². The lowest BCUT2D eigenvalue weighted by molar-refractivity contribution is 0.724. The minimum absolute atomic E-state index is 1.09. The summed E-state index contributed by atoms with van der Waals surface area (Å²) in [5.74, 6) is 0. The van der Waals surface area contributed by atoms with E-state index in [0.29, 0.717) is 0 Å². The van der Waals surface area contributed by atoms with E-state index in [0.717, 1.165) is 26.2 Å². The molecule has 0 unspecified atom stereocenters. The zero-order chi connectivity index (χ0) is 11.5. The fraction of sp³-hybridized carbons (Fsp3) is 0.538. The maximum Gasteiger partial charge on any atom is 0.0426 e. The summed E-state index contributed by atoms with van der Waals surface area (Å²) in [7, 11) is 0. The van der Waals surface area contributed by atoms with E-state index in [1.54, 1.807) is 0 Å². The molecule has 1 aliphatic rings. The fourth-order valence-corrected chi connectivity index (χ4v) is 3.16. The summed E-state index contributed by atoms with van der Waals surface area (Å²) in [6.07, 6.45) is 1.23. The Kier molecular flexibility index (Phi) is 3.87. The van der Waals surface area contributed by atoms with Crippen molar-refractivity contribution in [1.29, 1.82) is 0 Å². The smallest absolute Gasteiger partial charge is 0.0426 e. The first-order valence-electron chi connectivity index (χ1n) is 5.91. The van der Waals surface area contributed by atoms with Crippen LogP contribution in [-0.2, 0) is 0 Å². The monoisotopic (exact) mass is 282 g/mol. The number of aryl methyl sites for hydroxylation is 2. The van der Waals surface area contributed by atoms with Crippen molar-refractivity contribution in [2.45, 2.75) is 20.3 Å². The highest BCUT2D eigenvalue weighted by Gasteiger charge is 2.14. The Morgan fingerprint density at radius 1 is 1.12 bits per heavy atom. The third kappa shape index (κ3) is 2.58. The molecule has 1 heterocycles. The van der Waals surface area contributed by atoms with E-state index >= 15 is 0 Å². The Balaban J connectivity index is 2.31. The number of nitrogens with one attached hydrogen (secondary N) is 1. The summed E-state index contributed by atoms with van der Waals surface area (Å²) in [5, 5.41) is 3.45. The minimum Gasteiger partial charge on any atom is -0.370 e. The van der Waals surface area contributed by atoms with Crippen molar-refractivity contribution in [3.05, 3.63) is 27.7 Å². The van der Waals surface area contributed by atoms with Gasteiger partial charge in [0.1, 0.15) is 0 Å². The number of hydrogen-bond acceptors (Lipinski definition) is 2. The van der Waals surface area contributed by atoms with Crippen LogP contribution >= 0.6 is 15.9 Å². The second kappa shape index (κ2) is 5.19. The van der Waals surface area contributed by atoms with Gasteiger partial charge in [-0.05, 0) is 50.1 Å². The molecule has 0 aromatic heterocycles. The van der Waals surface area contributed by atoms with Gasteiger partial charge in [-0.3, -0.25) is 0 Å². The molecule has 16 heavy (non-hydrogen) atoms. The van der Waals surface area contributed by atoms with E-state index in [1.807, 2.05) is 0 Å². The quantitative estimate of drug-likeness (QED) is 0.852. The first-order chi connectivity index (χ1) is 7.68. The van der Waals surface area contributed by atoms with Crippen LogP contribution < -0.4 is 10.2 Å². The lowest BCUT2D eigenvalue weighted by Gasteiger charge is -2.26. The first kappa shape index (κ1) is 11.9. The van der Waals surface area contributed by atoms with Crippen LogP contribution in [0.2, 0.25) is 0 Å². The van der Waals surface area contributed by atoms with Crippen molar-refractivity contribution < 1.29 is 0 Å². The average Bonchev–Trinajstić information content (AvgIpc) is 2.44. The third-order valence-corrected chi connectivity index (χ3v) is 3.57. The van der Waals surface area contributed by atoms with Gasteiger partial charge in [0.2, 0.25) is 0 Å². The summed E-state index contributed by atoms with van der Waals surface area (Å²) >= 11 is 3.56. The number of nitrogens with zero attached hydrogens (tertiary/aromatic N) is 1. The molecule has 0 saturated carbocycles. The molecule has 0 radical (unpaired) electrons. The summed E-state index contributed by atoms with van der Waals surface area (Å²) < 4.78 is 1.18. The highest BCUT2D eigenvalue weighted by molar-refractivity contribution is 9.10. The first-order valence-corrected chi connectivity index (χ1v) is 6.70. The van der Waals surface area contributed by atoms with Gasteiger partial charge in [0.25, 0.3) is 0 Å². The van der Waals surface area contributed by atoms with Crippen LogP contribution in [0.4, 0.5) is 5.69 Å². The maximum atomic E-state index is 3.56. The van der Waals surface area contributed by atoms with Crippen molar-refractivity contribution >= 4 is 21.6 Å². The molecule has 2 rings (SSSR count). The fourth-order valence-electron chi connectivity index (χ4n) is 2.47. The lowest BCUT2D eigenvalue weighted by Crippen LogP contribution is -2.29. The summed E-state index contributed by atoms with van der Waals surface area (Å²) in [4.78, 5) is 2.51. The van der Waals surface area contributed by atoms with Crippen LogP contribution in [-0.4, -0.2) is 26.2 Å². The van der Waals surface area contributed by atoms with Gasteiger partial charge in [0, 0.05) is 29.8 Å². The van der Waals surface area contributed by atoms with Gasteiger partial charge in [-0.1, -0.05) is 15.9 Å². The van der Waals surface area contributed by atoms with Crippen molar-refractivity contribution in [3.63, 3.8) is 0 Å². The molecule has 0 bridgehead atoms. The predicted molar refractivity (Wildman–Crippen MR) is 73.3 cm³/mol. The van der Waals surface area contributed by atoms with Gasteiger partial charge < -0.3 is 10.2 Å². The number of hydrogen-bond donors (Lipinski definition) is 1. The van der Waals surface area contributed by atoms with Crippen LogP contribution in [0.3, 0.4) is 0 Å². The molecule has 1 aliphatic heterocycles. The van der Waals surface area contributed by atoms with Crippen LogP contribution in [0.25, 0.3) is 0 Å². The number of benzene rings is 1. The zero-order valence-electron chi connectivity index (χ0n) is 10.0. The van der Waals surface area contributed by atoms with Gasteiger partial charge in [0.05, 0.1) is 0 Å². The molecular formula is C13H19BrN2. The zero-order valence-corrected chi connectivity index (χ0v) is 11.6. The van der Waals surface area contributed by atoms with Gasteiger partial charge >= 0.3 is 0 Å². The van der Waals surface area contributed by atoms with E-state index in [-0.39, 0.29) is 0 Å². The lowest BCUT2D eigenvalue weighted by atomic mass is 10.1. The Hall–Kier alpha value is -0.540. The van der Waals surface area contributed by atoms with E-state index in [9.17, 15) is 0 Å². The Bertz CT molecular complexity index is 345. The summed E-state index contributed by atoms with van der Waals surface area (Å²) in [6, 6.07) is 4.42. The Morgan fingerprint density at radius 2 is 1.81 bits per heavy atom. The molecule has 0 amide bonds. The number of rotatable bonds is 1. The highest BCUT2D eigenvalue weighted by Crippen LogP contribution is 2.28. The average molecular weight is 283 g/mol. The molecule has 1 fully saturated rings. The molecule has 0 aliphatic carbocycles. The third-order valence-electron chi connectivity index (χ3n) is 3.11. The van der Waals surface area contributed by atoms with Crippen molar-refractivity contribution in [3.8, 4) is 0 Å². The summed E-state index contributed by atoms with van der Waals surface area (Å²) in [5.41, 5.74) is 4.16. The highest BCUT2D eigenvalue weighted by atomic mass is 79.9. The molecule has 0 atom stereocenters. The molecule has 2 nitrogen and oxygen atoms in total. The van der Waals surface area contributed by atoms with Gasteiger partial charge in [-0.15, -0.1) is 0 Å². The van der Waals surface area contributed by atoms with Crippen LogP contribution in [0, 0.1) is 13.8 Å². The van der Waals surface area contributed by atoms with Crippen molar-refractivity contribution in [2.24, 2.45) is 0 Å². The van der Waals surface area contributed by atoms with E-state index in [4.69, 9.17) is 0 Å². The Morgan fingerprint density at radius 3 is 2.50 bits per heavy atom. The molecule has 1 saturated heterocycles. The topological polar surface area (TPSA) is 15.3 Å². The molecule has 1 aromatic carbocycles. The molecule has 88 valence electrons. The van der Waals surface area contributed by atoms with Crippen LogP contribution in [0.5, 0.6) is 0 Å². The molecule has 1 N–H and O–H groups in total. The standard InChI is InChI=1S/C13H19BrN2/c1-10-8-12(14)9-11(2)13(10)16-6-3-4-15-5-7-16/h8-9,15H,3-7H2,1-2H3. The largest absolute Gasteiger partial charge is 0.370 e. The molecular weight excluding hydrogens is 264 g/mol. The van der Waals surface area contributed by atoms with Crippen molar-refractivity contribution in [1.82, 2.24) is 5.32 Å². The maximum absolute atomic E-state index is 3.56. The second-order valence-corrected chi connectivity index (χ2v) is 5.39. The second-order valence-electron chi connectivity index (χ2n) is 4.48. The van der Waals surface area contributed by atoms with E-state index in [2.05, 4.69) is 52.1 Å². The summed E-state index contributed by atoms with van der Waals surface area (Å²) in [6.45, 7) is 8.91.